The number of hydrogen-bond donors (Lipinski definition) is 1. The van der Waals surface area contributed by atoms with E-state index in [0.29, 0.717) is 0 Å². The highest BCUT2D eigenvalue weighted by atomic mass is 79.9. The maximum absolute atomic E-state index is 13.7. The van der Waals surface area contributed by atoms with Gasteiger partial charge in [0.1, 0.15) is 18.4 Å². The molecule has 1 aliphatic rings. The summed E-state index contributed by atoms with van der Waals surface area (Å²) in [5, 5.41) is 2.78. The summed E-state index contributed by atoms with van der Waals surface area (Å²) < 4.78 is 40.5. The summed E-state index contributed by atoms with van der Waals surface area (Å²) in [6, 6.07) is 9.97. The van der Waals surface area contributed by atoms with Gasteiger partial charge in [0, 0.05) is 17.1 Å². The number of hydrogen-bond acceptors (Lipinski definition) is 4. The largest absolute Gasteiger partial charge is 0.352 e. The molecule has 11 heteroatoms. The van der Waals surface area contributed by atoms with Crippen molar-refractivity contribution < 1.29 is 22.4 Å². The molecule has 0 radical (unpaired) electrons. The van der Waals surface area contributed by atoms with Crippen LogP contribution in [-0.4, -0.2) is 50.0 Å². The van der Waals surface area contributed by atoms with Gasteiger partial charge in [-0.25, -0.2) is 12.8 Å². The fraction of sp³-hybridized carbons (Fsp3) is 0.440. The Labute approximate surface area is 225 Å². The van der Waals surface area contributed by atoms with Crippen molar-refractivity contribution in [3.8, 4) is 0 Å². The molecule has 1 saturated carbocycles. The number of amides is 2. The third-order valence-corrected chi connectivity index (χ3v) is 8.15. The average molecular weight is 603 g/mol. The second-order valence-corrected chi connectivity index (χ2v) is 12.3. The van der Waals surface area contributed by atoms with Gasteiger partial charge in [0.25, 0.3) is 0 Å². The number of anilines is 1. The van der Waals surface area contributed by atoms with Gasteiger partial charge in [-0.1, -0.05) is 58.9 Å². The molecule has 0 saturated heterocycles. The number of carbonyl (C=O) groups is 2. The van der Waals surface area contributed by atoms with Crippen molar-refractivity contribution in [1.29, 1.82) is 0 Å². The van der Waals surface area contributed by atoms with E-state index in [9.17, 15) is 22.4 Å². The van der Waals surface area contributed by atoms with Gasteiger partial charge in [-0.15, -0.1) is 0 Å². The lowest BCUT2D eigenvalue weighted by atomic mass is 9.95. The van der Waals surface area contributed by atoms with Crippen molar-refractivity contribution in [3.63, 3.8) is 0 Å². The number of sulfonamides is 1. The molecule has 0 aromatic heterocycles. The molecule has 196 valence electrons. The fourth-order valence-electron chi connectivity index (χ4n) is 4.24. The molecule has 0 unspecified atom stereocenters. The molecule has 2 amide bonds. The van der Waals surface area contributed by atoms with Crippen LogP contribution in [0.4, 0.5) is 10.1 Å². The minimum absolute atomic E-state index is 0.0546. The molecule has 2 aromatic carbocycles. The van der Waals surface area contributed by atoms with E-state index in [2.05, 4.69) is 21.2 Å². The van der Waals surface area contributed by atoms with E-state index in [1.807, 2.05) is 24.3 Å². The van der Waals surface area contributed by atoms with Crippen LogP contribution in [0.3, 0.4) is 0 Å². The predicted octanol–water partition coefficient (Wildman–Crippen LogP) is 4.87. The SMILES string of the molecule is C[C@H](C(=O)NC1CCCCC1)N(Cc1cccc(Br)c1)C(=O)CN(c1ccc(F)c(Cl)c1)S(C)(=O)=O. The lowest BCUT2D eigenvalue weighted by Crippen LogP contribution is -2.52. The first-order valence-electron chi connectivity index (χ1n) is 11.7. The zero-order valence-corrected chi connectivity index (χ0v) is 23.4. The summed E-state index contributed by atoms with van der Waals surface area (Å²) >= 11 is 9.28. The smallest absolute Gasteiger partial charge is 0.244 e. The lowest BCUT2D eigenvalue weighted by molar-refractivity contribution is -0.139. The van der Waals surface area contributed by atoms with Crippen LogP contribution in [0.25, 0.3) is 0 Å². The van der Waals surface area contributed by atoms with Crippen LogP contribution >= 0.6 is 27.5 Å². The Morgan fingerprint density at radius 3 is 2.47 bits per heavy atom. The molecule has 1 aliphatic carbocycles. The maximum atomic E-state index is 13.7. The molecule has 1 fully saturated rings. The van der Waals surface area contributed by atoms with E-state index >= 15 is 0 Å². The summed E-state index contributed by atoms with van der Waals surface area (Å²) in [5.74, 6) is -1.57. The molecular weight excluding hydrogens is 573 g/mol. The predicted molar refractivity (Wildman–Crippen MR) is 143 cm³/mol. The molecular formula is C25H30BrClFN3O4S. The third kappa shape index (κ3) is 7.66. The van der Waals surface area contributed by atoms with Crippen LogP contribution in [0.5, 0.6) is 0 Å². The second-order valence-electron chi connectivity index (χ2n) is 9.04. The molecule has 1 N–H and O–H groups in total. The van der Waals surface area contributed by atoms with Gasteiger partial charge in [0.15, 0.2) is 0 Å². The Kier molecular flexibility index (Phi) is 9.77. The Morgan fingerprint density at radius 2 is 1.86 bits per heavy atom. The quantitative estimate of drug-likeness (QED) is 0.444. The summed E-state index contributed by atoms with van der Waals surface area (Å²) in [6.07, 6.45) is 5.98. The van der Waals surface area contributed by atoms with Crippen molar-refractivity contribution in [3.05, 3.63) is 63.3 Å². The minimum Gasteiger partial charge on any atom is -0.352 e. The standard InChI is InChI=1S/C25H30BrClFN3O4S/c1-17(25(33)29-20-9-4-3-5-10-20)30(15-18-7-6-8-19(26)13-18)24(32)16-31(36(2,34)35)21-11-12-23(28)22(27)14-21/h6-8,11-14,17,20H,3-5,9-10,15-16H2,1-2H3,(H,29,33)/t17-/m1/s1. The van der Waals surface area contributed by atoms with E-state index in [1.54, 1.807) is 6.92 Å². The number of rotatable bonds is 9. The summed E-state index contributed by atoms with van der Waals surface area (Å²) in [5.41, 5.74) is 0.824. The van der Waals surface area contributed by atoms with Crippen LogP contribution in [0.15, 0.2) is 46.9 Å². The van der Waals surface area contributed by atoms with Crippen molar-refractivity contribution in [1.82, 2.24) is 10.2 Å². The molecule has 3 rings (SSSR count). The zero-order chi connectivity index (χ0) is 26.5. The Morgan fingerprint density at radius 1 is 1.17 bits per heavy atom. The number of nitrogens with zero attached hydrogens (tertiary/aromatic N) is 2. The van der Waals surface area contributed by atoms with E-state index in [1.165, 1.54) is 11.0 Å². The molecule has 2 aromatic rings. The van der Waals surface area contributed by atoms with Crippen LogP contribution in [0.1, 0.15) is 44.6 Å². The van der Waals surface area contributed by atoms with Crippen LogP contribution in [0, 0.1) is 5.82 Å². The first kappa shape index (κ1) is 28.4. The highest BCUT2D eigenvalue weighted by Gasteiger charge is 2.31. The molecule has 36 heavy (non-hydrogen) atoms. The van der Waals surface area contributed by atoms with E-state index in [-0.39, 0.29) is 29.2 Å². The highest BCUT2D eigenvalue weighted by Crippen LogP contribution is 2.25. The molecule has 7 nitrogen and oxygen atoms in total. The molecule has 1 atom stereocenters. The van der Waals surface area contributed by atoms with Gasteiger partial charge in [-0.3, -0.25) is 13.9 Å². The van der Waals surface area contributed by atoms with Crippen molar-refractivity contribution >= 4 is 55.1 Å². The summed E-state index contributed by atoms with van der Waals surface area (Å²) in [7, 11) is -3.93. The molecule has 0 bridgehead atoms. The van der Waals surface area contributed by atoms with Gasteiger partial charge in [-0.2, -0.15) is 0 Å². The Bertz CT molecular complexity index is 1210. The summed E-state index contributed by atoms with van der Waals surface area (Å²) in [6.45, 7) is 1.16. The second kappa shape index (κ2) is 12.4. The number of benzene rings is 2. The summed E-state index contributed by atoms with van der Waals surface area (Å²) in [4.78, 5) is 28.1. The maximum Gasteiger partial charge on any atom is 0.244 e. The van der Waals surface area contributed by atoms with Gasteiger partial charge >= 0.3 is 0 Å². The molecule has 0 heterocycles. The third-order valence-electron chi connectivity index (χ3n) is 6.23. The molecule has 0 aliphatic heterocycles. The van der Waals surface area contributed by atoms with Crippen LogP contribution < -0.4 is 9.62 Å². The van der Waals surface area contributed by atoms with Gasteiger partial charge < -0.3 is 10.2 Å². The van der Waals surface area contributed by atoms with E-state index in [4.69, 9.17) is 11.6 Å². The Balaban J connectivity index is 1.88. The number of nitrogens with one attached hydrogen (secondary N) is 1. The highest BCUT2D eigenvalue weighted by molar-refractivity contribution is 9.10. The number of carbonyl (C=O) groups excluding carboxylic acids is 2. The van der Waals surface area contributed by atoms with Gasteiger partial charge in [0.05, 0.1) is 17.0 Å². The van der Waals surface area contributed by atoms with Crippen molar-refractivity contribution in [2.75, 3.05) is 17.1 Å². The van der Waals surface area contributed by atoms with Crippen LogP contribution in [0.2, 0.25) is 5.02 Å². The van der Waals surface area contributed by atoms with E-state index in [0.717, 1.165) is 64.8 Å². The monoisotopic (exact) mass is 601 g/mol. The van der Waals surface area contributed by atoms with Crippen molar-refractivity contribution in [2.24, 2.45) is 0 Å². The fourth-order valence-corrected chi connectivity index (χ4v) is 5.70. The van der Waals surface area contributed by atoms with E-state index < -0.39 is 34.3 Å². The van der Waals surface area contributed by atoms with Crippen LogP contribution in [-0.2, 0) is 26.2 Å². The molecule has 0 spiro atoms. The average Bonchev–Trinajstić information content (AvgIpc) is 2.82. The van der Waals surface area contributed by atoms with Crippen molar-refractivity contribution in [2.45, 2.75) is 57.7 Å². The topological polar surface area (TPSA) is 86.8 Å². The minimum atomic E-state index is -3.93. The Hall–Kier alpha value is -2.17. The van der Waals surface area contributed by atoms with Gasteiger partial charge in [-0.05, 0) is 55.7 Å². The lowest BCUT2D eigenvalue weighted by Gasteiger charge is -2.33. The normalized spacial score (nSPS) is 15.2. The first-order chi connectivity index (χ1) is 17.0. The van der Waals surface area contributed by atoms with Gasteiger partial charge in [0.2, 0.25) is 21.8 Å². The zero-order valence-electron chi connectivity index (χ0n) is 20.2. The number of halogens is 3. The first-order valence-corrected chi connectivity index (χ1v) is 14.7.